The Morgan fingerprint density at radius 1 is 1.20 bits per heavy atom. The van der Waals surface area contributed by atoms with Crippen LogP contribution in [0.5, 0.6) is 0 Å². The first-order chi connectivity index (χ1) is 14.5. The fourth-order valence-corrected chi connectivity index (χ4v) is 3.34. The monoisotopic (exact) mass is 400 g/mol. The van der Waals surface area contributed by atoms with Crippen LogP contribution in [0, 0.1) is 11.3 Å². The molecule has 4 rings (SSSR count). The highest BCUT2D eigenvalue weighted by Gasteiger charge is 2.27. The first-order valence-electron chi connectivity index (χ1n) is 9.55. The second kappa shape index (κ2) is 8.19. The number of nitriles is 1. The molecule has 2 aromatic carbocycles. The van der Waals surface area contributed by atoms with E-state index in [1.54, 1.807) is 28.9 Å². The quantitative estimate of drug-likeness (QED) is 0.623. The van der Waals surface area contributed by atoms with Crippen molar-refractivity contribution in [2.45, 2.75) is 25.7 Å². The van der Waals surface area contributed by atoms with Crippen LogP contribution in [-0.4, -0.2) is 27.6 Å². The molecule has 3 N–H and O–H groups in total. The minimum Gasteiger partial charge on any atom is -0.322 e. The van der Waals surface area contributed by atoms with Gasteiger partial charge in [0.2, 0.25) is 5.91 Å². The van der Waals surface area contributed by atoms with Gasteiger partial charge in [0.05, 0.1) is 17.3 Å². The van der Waals surface area contributed by atoms with E-state index >= 15 is 0 Å². The van der Waals surface area contributed by atoms with Gasteiger partial charge >= 0.3 is 0 Å². The van der Waals surface area contributed by atoms with Crippen molar-refractivity contribution in [2.24, 2.45) is 0 Å². The van der Waals surface area contributed by atoms with Crippen molar-refractivity contribution in [3.05, 3.63) is 71.8 Å². The molecule has 30 heavy (non-hydrogen) atoms. The Bertz CT molecular complexity index is 1130. The van der Waals surface area contributed by atoms with E-state index in [2.05, 4.69) is 21.0 Å². The van der Waals surface area contributed by atoms with Gasteiger partial charge in [-0.05, 0) is 25.1 Å². The van der Waals surface area contributed by atoms with E-state index in [1.807, 2.05) is 43.3 Å². The third-order valence-electron chi connectivity index (χ3n) is 4.78. The molecule has 2 atom stereocenters. The lowest BCUT2D eigenvalue weighted by atomic mass is 10.1. The van der Waals surface area contributed by atoms with E-state index in [-0.39, 0.29) is 17.9 Å². The van der Waals surface area contributed by atoms with Crippen LogP contribution in [0.25, 0.3) is 11.3 Å². The van der Waals surface area contributed by atoms with Crippen molar-refractivity contribution < 1.29 is 9.59 Å². The fraction of sp³-hybridized carbons (Fsp3) is 0.182. The number of nitrogens with one attached hydrogen (secondary N) is 3. The minimum atomic E-state index is -0.598. The van der Waals surface area contributed by atoms with Crippen LogP contribution in [0.1, 0.15) is 35.6 Å². The van der Waals surface area contributed by atoms with Crippen LogP contribution in [-0.2, 0) is 4.79 Å². The summed E-state index contributed by atoms with van der Waals surface area (Å²) in [5.74, 6) is -0.0434. The third kappa shape index (κ3) is 4.06. The van der Waals surface area contributed by atoms with E-state index < -0.39 is 6.29 Å². The molecule has 1 saturated heterocycles. The average molecular weight is 400 g/mol. The van der Waals surface area contributed by atoms with E-state index in [9.17, 15) is 9.59 Å². The molecule has 8 nitrogen and oxygen atoms in total. The standard InChI is InChI=1S/C22H20N6O2/c1-14-10-20(29)26-22(24-14)28-19(12-18(27-28)16-7-3-2-4-8-16)25-21(30)17-9-5-6-15(11-17)13-23/h2-9,11-12,14,22,24H,10H2,1H3,(H,25,30)(H,26,29). The van der Waals surface area contributed by atoms with E-state index in [1.165, 1.54) is 6.07 Å². The maximum Gasteiger partial charge on any atom is 0.256 e. The zero-order chi connectivity index (χ0) is 21.1. The van der Waals surface area contributed by atoms with Gasteiger partial charge in [-0.2, -0.15) is 10.4 Å². The summed E-state index contributed by atoms with van der Waals surface area (Å²) in [7, 11) is 0. The number of rotatable bonds is 4. The van der Waals surface area contributed by atoms with E-state index in [0.29, 0.717) is 29.1 Å². The first-order valence-corrected chi connectivity index (χ1v) is 9.55. The van der Waals surface area contributed by atoms with Crippen molar-refractivity contribution in [3.63, 3.8) is 0 Å². The predicted molar refractivity (Wildman–Crippen MR) is 111 cm³/mol. The Labute approximate surface area is 173 Å². The molecule has 0 saturated carbocycles. The number of nitrogens with zero attached hydrogens (tertiary/aromatic N) is 3. The normalized spacial score (nSPS) is 18.3. The molecule has 2 amide bonds. The summed E-state index contributed by atoms with van der Waals surface area (Å²) >= 11 is 0. The molecule has 0 radical (unpaired) electrons. The summed E-state index contributed by atoms with van der Waals surface area (Å²) in [5, 5.41) is 22.7. The SMILES string of the molecule is CC1CC(=O)NC(n2nc(-c3ccccc3)cc2NC(=O)c2cccc(C#N)c2)N1. The lowest BCUT2D eigenvalue weighted by molar-refractivity contribution is -0.125. The Hall–Kier alpha value is -3.96. The van der Waals surface area contributed by atoms with Crippen LogP contribution in [0.2, 0.25) is 0 Å². The molecular weight excluding hydrogens is 380 g/mol. The van der Waals surface area contributed by atoms with Crippen molar-refractivity contribution in [1.29, 1.82) is 5.26 Å². The zero-order valence-corrected chi connectivity index (χ0v) is 16.3. The number of carbonyl (C=O) groups is 2. The van der Waals surface area contributed by atoms with Crippen LogP contribution in [0.3, 0.4) is 0 Å². The fourth-order valence-electron chi connectivity index (χ4n) is 3.34. The molecule has 3 aromatic rings. The molecule has 1 aliphatic heterocycles. The van der Waals surface area contributed by atoms with Gasteiger partial charge in [-0.3, -0.25) is 14.9 Å². The van der Waals surface area contributed by atoms with Crippen LogP contribution < -0.4 is 16.0 Å². The lowest BCUT2D eigenvalue weighted by Gasteiger charge is -2.30. The molecule has 1 aromatic heterocycles. The van der Waals surface area contributed by atoms with Crippen LogP contribution in [0.15, 0.2) is 60.7 Å². The summed E-state index contributed by atoms with van der Waals surface area (Å²) in [5.41, 5.74) is 2.30. The van der Waals surface area contributed by atoms with Gasteiger partial charge in [-0.1, -0.05) is 36.4 Å². The van der Waals surface area contributed by atoms with Gasteiger partial charge in [0.1, 0.15) is 5.82 Å². The molecule has 0 spiro atoms. The van der Waals surface area contributed by atoms with Gasteiger partial charge in [0.15, 0.2) is 6.29 Å². The highest BCUT2D eigenvalue weighted by Crippen LogP contribution is 2.25. The van der Waals surface area contributed by atoms with Gasteiger partial charge in [-0.15, -0.1) is 0 Å². The molecule has 1 aliphatic rings. The molecule has 150 valence electrons. The number of hydrogen-bond donors (Lipinski definition) is 3. The Kier molecular flexibility index (Phi) is 5.28. The summed E-state index contributed by atoms with van der Waals surface area (Å²) < 4.78 is 1.56. The Balaban J connectivity index is 1.70. The van der Waals surface area contributed by atoms with Crippen molar-refractivity contribution >= 4 is 17.6 Å². The van der Waals surface area contributed by atoms with Gasteiger partial charge in [0.25, 0.3) is 5.91 Å². The molecule has 0 bridgehead atoms. The summed E-state index contributed by atoms with van der Waals surface area (Å²) in [6.07, 6.45) is -0.231. The summed E-state index contributed by atoms with van der Waals surface area (Å²) in [4.78, 5) is 24.9. The van der Waals surface area contributed by atoms with Crippen molar-refractivity contribution in [1.82, 2.24) is 20.4 Å². The number of anilines is 1. The zero-order valence-electron chi connectivity index (χ0n) is 16.3. The Morgan fingerprint density at radius 3 is 2.73 bits per heavy atom. The van der Waals surface area contributed by atoms with Crippen molar-refractivity contribution in [3.8, 4) is 17.3 Å². The second-order valence-corrected chi connectivity index (χ2v) is 7.11. The molecule has 0 aliphatic carbocycles. The molecule has 2 heterocycles. The number of hydrogen-bond acceptors (Lipinski definition) is 5. The molecule has 8 heteroatoms. The lowest BCUT2D eigenvalue weighted by Crippen LogP contribution is -2.52. The van der Waals surface area contributed by atoms with Crippen LogP contribution in [0.4, 0.5) is 5.82 Å². The summed E-state index contributed by atoms with van der Waals surface area (Å²) in [6, 6.07) is 19.8. The van der Waals surface area contributed by atoms with Gasteiger partial charge < -0.3 is 10.6 Å². The highest BCUT2D eigenvalue weighted by atomic mass is 16.2. The van der Waals surface area contributed by atoms with Gasteiger partial charge in [0, 0.05) is 29.7 Å². The molecule has 1 fully saturated rings. The maximum atomic E-state index is 12.8. The maximum absolute atomic E-state index is 12.8. The van der Waals surface area contributed by atoms with Gasteiger partial charge in [-0.25, -0.2) is 4.68 Å². The third-order valence-corrected chi connectivity index (χ3v) is 4.78. The Morgan fingerprint density at radius 2 is 2.00 bits per heavy atom. The van der Waals surface area contributed by atoms with Crippen molar-refractivity contribution in [2.75, 3.05) is 5.32 Å². The molecular formula is C22H20N6O2. The second-order valence-electron chi connectivity index (χ2n) is 7.11. The number of aromatic nitrogens is 2. The van der Waals surface area contributed by atoms with E-state index in [4.69, 9.17) is 5.26 Å². The largest absolute Gasteiger partial charge is 0.322 e. The minimum absolute atomic E-state index is 0.0380. The van der Waals surface area contributed by atoms with Crippen LogP contribution >= 0.6 is 0 Å². The smallest absolute Gasteiger partial charge is 0.256 e. The number of amides is 2. The first kappa shape index (κ1) is 19.4. The molecule has 2 unspecified atom stereocenters. The highest BCUT2D eigenvalue weighted by molar-refractivity contribution is 6.04. The number of carbonyl (C=O) groups excluding carboxylic acids is 2. The van der Waals surface area contributed by atoms with E-state index in [0.717, 1.165) is 5.56 Å². The average Bonchev–Trinajstić information content (AvgIpc) is 3.17. The topological polar surface area (TPSA) is 112 Å². The summed E-state index contributed by atoms with van der Waals surface area (Å²) in [6.45, 7) is 1.92. The number of benzene rings is 2. The predicted octanol–water partition coefficient (Wildman–Crippen LogP) is 2.63.